The second kappa shape index (κ2) is 7.97. The van der Waals surface area contributed by atoms with Gasteiger partial charge in [0.15, 0.2) is 0 Å². The molecule has 0 amide bonds. The molecule has 0 radical (unpaired) electrons. The summed E-state index contributed by atoms with van der Waals surface area (Å²) in [5, 5.41) is 0. The van der Waals surface area contributed by atoms with Gasteiger partial charge in [-0.1, -0.05) is 53.7 Å². The van der Waals surface area contributed by atoms with Crippen LogP contribution in [0.2, 0.25) is 0 Å². The van der Waals surface area contributed by atoms with E-state index in [9.17, 15) is 9.59 Å². The molecule has 0 aromatic rings. The van der Waals surface area contributed by atoms with Crippen LogP contribution >= 0.6 is 0 Å². The summed E-state index contributed by atoms with van der Waals surface area (Å²) < 4.78 is 11.5. The summed E-state index contributed by atoms with van der Waals surface area (Å²) in [6.45, 7) is 13.1. The maximum absolute atomic E-state index is 13.7. The van der Waals surface area contributed by atoms with E-state index >= 15 is 0 Å². The van der Waals surface area contributed by atoms with E-state index in [4.69, 9.17) is 9.47 Å². The van der Waals surface area contributed by atoms with E-state index in [0.29, 0.717) is 26.1 Å². The van der Waals surface area contributed by atoms with Crippen molar-refractivity contribution in [3.8, 4) is 0 Å². The SMILES string of the molecule is CCCOC(=O)C1(CC)C(CC)(C(=O)OCCC)[C@]2(CC)C=C[C@]1(CC)C2. The second-order valence-electron chi connectivity index (χ2n) is 8.32. The summed E-state index contributed by atoms with van der Waals surface area (Å²) in [5.41, 5.74) is -2.42. The topological polar surface area (TPSA) is 52.6 Å². The van der Waals surface area contributed by atoms with E-state index < -0.39 is 10.8 Å². The van der Waals surface area contributed by atoms with E-state index in [1.165, 1.54) is 0 Å². The molecule has 4 nitrogen and oxygen atoms in total. The first-order valence-electron chi connectivity index (χ1n) is 10.9. The minimum absolute atomic E-state index is 0.205. The first-order valence-corrected chi connectivity index (χ1v) is 10.9. The van der Waals surface area contributed by atoms with Gasteiger partial charge < -0.3 is 9.47 Å². The Labute approximate surface area is 165 Å². The maximum atomic E-state index is 13.7. The van der Waals surface area contributed by atoms with Gasteiger partial charge in [0.05, 0.1) is 24.0 Å². The third kappa shape index (κ3) is 2.54. The fourth-order valence-electron chi connectivity index (χ4n) is 6.51. The van der Waals surface area contributed by atoms with Crippen LogP contribution in [-0.4, -0.2) is 25.2 Å². The lowest BCUT2D eigenvalue weighted by atomic mass is 9.47. The molecular formula is C23H38O4. The zero-order valence-corrected chi connectivity index (χ0v) is 18.2. The van der Waals surface area contributed by atoms with E-state index in [2.05, 4.69) is 26.0 Å². The Hall–Kier alpha value is -1.32. The van der Waals surface area contributed by atoms with Crippen molar-refractivity contribution in [1.82, 2.24) is 0 Å². The number of esters is 2. The molecule has 0 heterocycles. The van der Waals surface area contributed by atoms with Gasteiger partial charge in [0.1, 0.15) is 0 Å². The van der Waals surface area contributed by atoms with Crippen molar-refractivity contribution >= 4 is 11.9 Å². The number of rotatable bonds is 10. The van der Waals surface area contributed by atoms with Crippen molar-refractivity contribution in [2.45, 2.75) is 86.5 Å². The molecule has 2 bridgehead atoms. The predicted octanol–water partition coefficient (Wildman–Crippen LogP) is 5.45. The monoisotopic (exact) mass is 378 g/mol. The van der Waals surface area contributed by atoms with Crippen LogP contribution < -0.4 is 0 Å². The zero-order chi connectivity index (χ0) is 20.3. The van der Waals surface area contributed by atoms with Gasteiger partial charge >= 0.3 is 11.9 Å². The first kappa shape index (κ1) is 22.0. The maximum Gasteiger partial charge on any atom is 0.314 e. The van der Waals surface area contributed by atoms with Crippen LogP contribution in [0.4, 0.5) is 0 Å². The molecule has 2 aliphatic rings. The van der Waals surface area contributed by atoms with Gasteiger partial charge in [-0.2, -0.15) is 0 Å². The van der Waals surface area contributed by atoms with Crippen LogP contribution in [0.25, 0.3) is 0 Å². The largest absolute Gasteiger partial charge is 0.465 e. The summed E-state index contributed by atoms with van der Waals surface area (Å²) in [5.74, 6) is -0.410. The van der Waals surface area contributed by atoms with Gasteiger partial charge in [0.25, 0.3) is 0 Å². The molecule has 2 rings (SSSR count). The molecule has 4 atom stereocenters. The highest BCUT2D eigenvalue weighted by Crippen LogP contribution is 2.80. The van der Waals surface area contributed by atoms with Crippen LogP contribution in [0.1, 0.15) is 86.5 Å². The summed E-state index contributed by atoms with van der Waals surface area (Å²) in [6.07, 6.45) is 9.67. The molecule has 2 aliphatic carbocycles. The smallest absolute Gasteiger partial charge is 0.314 e. The van der Waals surface area contributed by atoms with Gasteiger partial charge in [-0.15, -0.1) is 0 Å². The summed E-state index contributed by atoms with van der Waals surface area (Å²) >= 11 is 0. The second-order valence-corrected chi connectivity index (χ2v) is 8.32. The molecule has 154 valence electrons. The third-order valence-corrected chi connectivity index (χ3v) is 7.67. The Balaban J connectivity index is 2.75. The average molecular weight is 379 g/mol. The van der Waals surface area contributed by atoms with Gasteiger partial charge in [0.2, 0.25) is 0 Å². The lowest BCUT2D eigenvalue weighted by Crippen LogP contribution is -2.61. The quantitative estimate of drug-likeness (QED) is 0.374. The number of allylic oxidation sites excluding steroid dienone is 2. The van der Waals surface area contributed by atoms with E-state index in [0.717, 1.165) is 32.1 Å². The van der Waals surface area contributed by atoms with Gasteiger partial charge in [0, 0.05) is 10.8 Å². The fraction of sp³-hybridized carbons (Fsp3) is 0.826. The molecule has 0 saturated heterocycles. The first-order chi connectivity index (χ1) is 12.9. The predicted molar refractivity (Wildman–Crippen MR) is 107 cm³/mol. The third-order valence-electron chi connectivity index (χ3n) is 7.67. The molecule has 1 saturated carbocycles. The van der Waals surface area contributed by atoms with Crippen LogP contribution in [-0.2, 0) is 19.1 Å². The Morgan fingerprint density at radius 2 is 1.07 bits per heavy atom. The van der Waals surface area contributed by atoms with E-state index in [1.807, 2.05) is 27.7 Å². The van der Waals surface area contributed by atoms with Crippen molar-refractivity contribution < 1.29 is 19.1 Å². The highest BCUT2D eigenvalue weighted by Gasteiger charge is 2.82. The van der Waals surface area contributed by atoms with Crippen molar-refractivity contribution in [2.75, 3.05) is 13.2 Å². The standard InChI is InChI=1S/C23H38O4/c1-7-15-26-18(24)22(11-5)20(9-3)13-14-21(10-4,17-20)23(22,12-6)19(25)27-16-8-2/h13-14H,7-12,15-17H2,1-6H3/t20-,21-,22?,23?/m1/s1. The van der Waals surface area contributed by atoms with Gasteiger partial charge in [-0.25, -0.2) is 0 Å². The van der Waals surface area contributed by atoms with Crippen molar-refractivity contribution in [3.63, 3.8) is 0 Å². The number of hydrogen-bond acceptors (Lipinski definition) is 4. The van der Waals surface area contributed by atoms with Crippen LogP contribution in [0.15, 0.2) is 12.2 Å². The van der Waals surface area contributed by atoms with Crippen molar-refractivity contribution in [2.24, 2.45) is 21.7 Å². The lowest BCUT2D eigenvalue weighted by molar-refractivity contribution is -0.195. The van der Waals surface area contributed by atoms with Gasteiger partial charge in [-0.05, 0) is 44.9 Å². The average Bonchev–Trinajstić information content (AvgIpc) is 3.19. The Kier molecular flexibility index (Phi) is 6.48. The van der Waals surface area contributed by atoms with Gasteiger partial charge in [-0.3, -0.25) is 9.59 Å². The molecular weight excluding hydrogens is 340 g/mol. The molecule has 0 aromatic carbocycles. The number of carbonyl (C=O) groups is 2. The molecule has 2 unspecified atom stereocenters. The highest BCUT2D eigenvalue weighted by molar-refractivity contribution is 5.93. The van der Waals surface area contributed by atoms with Crippen LogP contribution in [0, 0.1) is 21.7 Å². The normalized spacial score (nSPS) is 36.8. The zero-order valence-electron chi connectivity index (χ0n) is 18.2. The Morgan fingerprint density at radius 1 is 0.704 bits per heavy atom. The van der Waals surface area contributed by atoms with E-state index in [1.54, 1.807) is 0 Å². The van der Waals surface area contributed by atoms with Crippen molar-refractivity contribution in [1.29, 1.82) is 0 Å². The van der Waals surface area contributed by atoms with Crippen molar-refractivity contribution in [3.05, 3.63) is 12.2 Å². The lowest BCUT2D eigenvalue weighted by Gasteiger charge is -2.54. The Morgan fingerprint density at radius 3 is 1.33 bits per heavy atom. The van der Waals surface area contributed by atoms with E-state index in [-0.39, 0.29) is 22.8 Å². The summed E-state index contributed by atoms with van der Waals surface area (Å²) in [7, 11) is 0. The molecule has 1 fully saturated rings. The molecule has 0 aliphatic heterocycles. The Bertz CT molecular complexity index is 547. The minimum Gasteiger partial charge on any atom is -0.465 e. The fourth-order valence-corrected chi connectivity index (χ4v) is 6.51. The minimum atomic E-state index is -0.867. The number of carbonyl (C=O) groups excluding carboxylic acids is 2. The molecule has 0 aromatic heterocycles. The molecule has 27 heavy (non-hydrogen) atoms. The van der Waals surface area contributed by atoms with Crippen LogP contribution in [0.5, 0.6) is 0 Å². The van der Waals surface area contributed by atoms with Crippen LogP contribution in [0.3, 0.4) is 0 Å². The highest BCUT2D eigenvalue weighted by atomic mass is 16.5. The molecule has 0 spiro atoms. The summed E-state index contributed by atoms with van der Waals surface area (Å²) in [6, 6.07) is 0. The number of ether oxygens (including phenoxy) is 2. The number of fused-ring (bicyclic) bond motifs is 2. The summed E-state index contributed by atoms with van der Waals surface area (Å²) in [4.78, 5) is 27.3. The molecule has 4 heteroatoms. The number of hydrogen-bond donors (Lipinski definition) is 0. The molecule has 0 N–H and O–H groups in total.